The molecule has 7 heteroatoms. The van der Waals surface area contributed by atoms with Crippen molar-refractivity contribution in [3.63, 3.8) is 0 Å². The lowest BCUT2D eigenvalue weighted by Gasteiger charge is -2.36. The first-order valence-electron chi connectivity index (χ1n) is 7.72. The third-order valence-electron chi connectivity index (χ3n) is 3.74. The number of ether oxygens (including phenoxy) is 2. The number of hydrogen-bond donors (Lipinski definition) is 2. The second-order valence-corrected chi connectivity index (χ2v) is 5.48. The van der Waals surface area contributed by atoms with Crippen molar-refractivity contribution >= 4 is 11.7 Å². The van der Waals surface area contributed by atoms with Gasteiger partial charge in [-0.3, -0.25) is 4.79 Å². The number of aliphatic carboxylic acids is 1. The second-order valence-electron chi connectivity index (χ2n) is 5.48. The number of carbonyl (C=O) groups is 1. The summed E-state index contributed by atoms with van der Waals surface area (Å²) in [5.74, 6) is -1.07. The minimum atomic E-state index is -0.833. The van der Waals surface area contributed by atoms with E-state index in [1.54, 1.807) is 19.2 Å². The summed E-state index contributed by atoms with van der Waals surface area (Å²) >= 11 is 0. The summed E-state index contributed by atoms with van der Waals surface area (Å²) in [6, 6.07) is 6.70. The van der Waals surface area contributed by atoms with Gasteiger partial charge in [0.1, 0.15) is 5.82 Å². The van der Waals surface area contributed by atoms with Gasteiger partial charge in [-0.05, 0) is 31.7 Å². The Labute approximate surface area is 140 Å². The number of nitrogens with zero attached hydrogens (tertiary/aromatic N) is 1. The Morgan fingerprint density at radius 3 is 2.17 bits per heavy atom. The zero-order valence-corrected chi connectivity index (χ0v) is 14.0. The normalized spacial score (nSPS) is 21.5. The zero-order valence-electron chi connectivity index (χ0n) is 14.0. The monoisotopic (exact) mass is 341 g/mol. The fourth-order valence-electron chi connectivity index (χ4n) is 2.46. The standard InChI is InChI=1S/C13H16FNO2.C2H4O2.C2H4O/c1-17-13(8-6-10(15-16)7-9-13)11-4-2-3-5-12(11)14;1-2(3)4;1-2-3-1/h2-5,16H,6-9H2,1H3;1H3,(H,3,4);1-2H2. The average Bonchev–Trinajstić information content (AvgIpc) is 3.44. The Balaban J connectivity index is 0.000000344. The first-order chi connectivity index (χ1) is 11.4. The molecule has 0 amide bonds. The van der Waals surface area contributed by atoms with Gasteiger partial charge >= 0.3 is 0 Å². The van der Waals surface area contributed by atoms with E-state index in [-0.39, 0.29) is 5.82 Å². The molecule has 2 fully saturated rings. The average molecular weight is 341 g/mol. The molecule has 0 aromatic heterocycles. The van der Waals surface area contributed by atoms with Crippen LogP contribution in [0.25, 0.3) is 0 Å². The van der Waals surface area contributed by atoms with Crippen LogP contribution in [0.1, 0.15) is 38.2 Å². The minimum absolute atomic E-state index is 0.237. The fourth-order valence-corrected chi connectivity index (χ4v) is 2.46. The van der Waals surface area contributed by atoms with Crippen LogP contribution in [0.3, 0.4) is 0 Å². The summed E-state index contributed by atoms with van der Waals surface area (Å²) < 4.78 is 23.9. The van der Waals surface area contributed by atoms with E-state index in [1.165, 1.54) is 6.07 Å². The third-order valence-corrected chi connectivity index (χ3v) is 3.74. The van der Waals surface area contributed by atoms with Gasteiger partial charge in [0, 0.05) is 19.6 Å². The molecule has 0 radical (unpaired) electrons. The van der Waals surface area contributed by atoms with Gasteiger partial charge in [-0.2, -0.15) is 0 Å². The lowest BCUT2D eigenvalue weighted by atomic mass is 9.78. The van der Waals surface area contributed by atoms with Gasteiger partial charge in [-0.1, -0.05) is 23.4 Å². The Morgan fingerprint density at radius 2 is 1.79 bits per heavy atom. The molecule has 0 bridgehead atoms. The molecule has 1 heterocycles. The van der Waals surface area contributed by atoms with Crippen molar-refractivity contribution in [1.29, 1.82) is 0 Å². The second kappa shape index (κ2) is 10.00. The predicted octanol–water partition coefficient (Wildman–Crippen LogP) is 3.18. The summed E-state index contributed by atoms with van der Waals surface area (Å²) in [5, 5.41) is 19.4. The van der Waals surface area contributed by atoms with E-state index in [2.05, 4.69) is 9.89 Å². The molecule has 134 valence electrons. The first kappa shape index (κ1) is 20.1. The molecule has 0 spiro atoms. The van der Waals surface area contributed by atoms with Crippen LogP contribution in [-0.2, 0) is 19.9 Å². The molecule has 24 heavy (non-hydrogen) atoms. The number of hydrogen-bond acceptors (Lipinski definition) is 5. The third kappa shape index (κ3) is 6.64. The lowest BCUT2D eigenvalue weighted by Crippen LogP contribution is -2.34. The van der Waals surface area contributed by atoms with Crippen molar-refractivity contribution < 1.29 is 29.0 Å². The summed E-state index contributed by atoms with van der Waals surface area (Å²) in [4.78, 5) is 9.00. The van der Waals surface area contributed by atoms with E-state index in [4.69, 9.17) is 19.8 Å². The Hall–Kier alpha value is -1.99. The molecule has 1 aromatic rings. The van der Waals surface area contributed by atoms with Gasteiger partial charge in [0.15, 0.2) is 0 Å². The number of carboxylic acid groups (broad SMARTS) is 1. The van der Waals surface area contributed by atoms with E-state index in [0.29, 0.717) is 31.2 Å². The maximum absolute atomic E-state index is 13.8. The molecule has 2 N–H and O–H groups in total. The largest absolute Gasteiger partial charge is 0.481 e. The highest BCUT2D eigenvalue weighted by Crippen LogP contribution is 2.40. The number of benzene rings is 1. The summed E-state index contributed by atoms with van der Waals surface area (Å²) in [6.07, 6.45) is 2.56. The van der Waals surface area contributed by atoms with Crippen molar-refractivity contribution in [2.24, 2.45) is 5.16 Å². The van der Waals surface area contributed by atoms with Crippen LogP contribution in [-0.4, -0.2) is 42.3 Å². The molecule has 3 rings (SSSR count). The van der Waals surface area contributed by atoms with Gasteiger partial charge in [0.05, 0.1) is 24.5 Å². The van der Waals surface area contributed by atoms with Crippen molar-refractivity contribution in [1.82, 2.24) is 0 Å². The minimum Gasteiger partial charge on any atom is -0.481 e. The Bertz CT molecular complexity index is 543. The highest BCUT2D eigenvalue weighted by atomic mass is 19.1. The molecular weight excluding hydrogens is 317 g/mol. The van der Waals surface area contributed by atoms with Crippen LogP contribution in [0.15, 0.2) is 29.4 Å². The van der Waals surface area contributed by atoms with Crippen LogP contribution in [0.5, 0.6) is 0 Å². The Morgan fingerprint density at radius 1 is 1.29 bits per heavy atom. The number of rotatable bonds is 2. The smallest absolute Gasteiger partial charge is 0.300 e. The molecule has 1 aromatic carbocycles. The molecule has 1 saturated heterocycles. The maximum Gasteiger partial charge on any atom is 0.300 e. The SMILES string of the molecule is C1CO1.CC(=O)O.COC1(c2ccccc2F)CCC(=NO)CC1. The number of oxime groups is 1. The molecule has 0 atom stereocenters. The van der Waals surface area contributed by atoms with E-state index in [0.717, 1.165) is 25.8 Å². The molecule has 6 nitrogen and oxygen atoms in total. The molecule has 1 aliphatic carbocycles. The van der Waals surface area contributed by atoms with Crippen molar-refractivity contribution in [3.8, 4) is 0 Å². The van der Waals surface area contributed by atoms with Crippen molar-refractivity contribution in [2.45, 2.75) is 38.2 Å². The number of epoxide rings is 1. The fraction of sp³-hybridized carbons (Fsp3) is 0.529. The van der Waals surface area contributed by atoms with E-state index < -0.39 is 11.6 Å². The van der Waals surface area contributed by atoms with E-state index in [1.807, 2.05) is 6.07 Å². The van der Waals surface area contributed by atoms with Crippen LogP contribution < -0.4 is 0 Å². The summed E-state index contributed by atoms with van der Waals surface area (Å²) in [7, 11) is 1.60. The molecule has 2 aliphatic rings. The van der Waals surface area contributed by atoms with Crippen molar-refractivity contribution in [2.75, 3.05) is 20.3 Å². The van der Waals surface area contributed by atoms with Crippen LogP contribution in [0.4, 0.5) is 4.39 Å². The summed E-state index contributed by atoms with van der Waals surface area (Å²) in [5.41, 5.74) is 0.771. The predicted molar refractivity (Wildman–Crippen MR) is 86.9 cm³/mol. The van der Waals surface area contributed by atoms with E-state index >= 15 is 0 Å². The van der Waals surface area contributed by atoms with Gasteiger partial charge in [-0.15, -0.1) is 0 Å². The quantitative estimate of drug-likeness (QED) is 0.490. The van der Waals surface area contributed by atoms with Gasteiger partial charge in [-0.25, -0.2) is 4.39 Å². The van der Waals surface area contributed by atoms with Crippen molar-refractivity contribution in [3.05, 3.63) is 35.6 Å². The highest BCUT2D eigenvalue weighted by molar-refractivity contribution is 5.84. The van der Waals surface area contributed by atoms with Gasteiger partial charge < -0.3 is 19.8 Å². The number of carboxylic acids is 1. The molecule has 0 unspecified atom stereocenters. The van der Waals surface area contributed by atoms with Gasteiger partial charge in [0.25, 0.3) is 5.97 Å². The maximum atomic E-state index is 13.8. The molecule has 1 saturated carbocycles. The molecule has 1 aliphatic heterocycles. The number of methoxy groups -OCH3 is 1. The lowest BCUT2D eigenvalue weighted by molar-refractivity contribution is -0.134. The molecular formula is C17H24FNO5. The van der Waals surface area contributed by atoms with Crippen LogP contribution in [0.2, 0.25) is 0 Å². The van der Waals surface area contributed by atoms with Crippen LogP contribution >= 0.6 is 0 Å². The first-order valence-corrected chi connectivity index (χ1v) is 7.72. The Kier molecular flexibility index (Phi) is 8.35. The number of halogens is 1. The topological polar surface area (TPSA) is 91.7 Å². The van der Waals surface area contributed by atoms with Crippen LogP contribution in [0, 0.1) is 5.82 Å². The summed E-state index contributed by atoms with van der Waals surface area (Å²) in [6.45, 7) is 3.08. The van der Waals surface area contributed by atoms with Gasteiger partial charge in [0.2, 0.25) is 0 Å². The zero-order chi connectivity index (χ0) is 18.0. The highest BCUT2D eigenvalue weighted by Gasteiger charge is 2.37. The van der Waals surface area contributed by atoms with E-state index in [9.17, 15) is 4.39 Å².